The van der Waals surface area contributed by atoms with E-state index in [2.05, 4.69) is 0 Å². The lowest BCUT2D eigenvalue weighted by atomic mass is 10.3. The average Bonchev–Trinajstić information content (AvgIpc) is 2.31. The number of carbonyl (C=O) groups is 2. The van der Waals surface area contributed by atoms with Gasteiger partial charge in [0.1, 0.15) is 0 Å². The number of aldehydes is 1. The predicted molar refractivity (Wildman–Crippen MR) is 37.8 cm³/mol. The maximum atomic E-state index is 10.4. The Labute approximate surface area is 63.1 Å². The second kappa shape index (κ2) is 2.57. The molecule has 0 atom stereocenters. The van der Waals surface area contributed by atoms with Gasteiger partial charge in [-0.05, 0) is 6.07 Å². The van der Waals surface area contributed by atoms with Gasteiger partial charge < -0.3 is 9.67 Å². The smallest absolute Gasteiger partial charge is 0.337 e. The van der Waals surface area contributed by atoms with E-state index in [1.807, 2.05) is 0 Å². The van der Waals surface area contributed by atoms with Crippen molar-refractivity contribution in [2.45, 2.75) is 0 Å². The number of hydrogen-bond donors (Lipinski definition) is 1. The van der Waals surface area contributed by atoms with Crippen LogP contribution in [0.5, 0.6) is 0 Å². The molecule has 0 spiro atoms. The summed E-state index contributed by atoms with van der Waals surface area (Å²) in [5.41, 5.74) is 0.497. The Morgan fingerprint density at radius 3 is 2.64 bits per heavy atom. The standard InChI is InChI=1S/C7H7NO3/c1-8-3-5(7(10)11)2-6(8)4-9/h2-4H,1H3,(H,10,11). The van der Waals surface area contributed by atoms with Crippen molar-refractivity contribution >= 4 is 12.3 Å². The highest BCUT2D eigenvalue weighted by Crippen LogP contribution is 2.04. The molecule has 0 unspecified atom stereocenters. The molecule has 1 heterocycles. The normalized spacial score (nSPS) is 9.55. The lowest BCUT2D eigenvalue weighted by Crippen LogP contribution is -1.93. The van der Waals surface area contributed by atoms with Gasteiger partial charge in [0.05, 0.1) is 11.3 Å². The number of nitrogens with zero attached hydrogens (tertiary/aromatic N) is 1. The Morgan fingerprint density at radius 2 is 2.36 bits per heavy atom. The molecule has 4 heteroatoms. The van der Waals surface area contributed by atoms with E-state index in [1.54, 1.807) is 7.05 Å². The molecule has 0 aromatic carbocycles. The van der Waals surface area contributed by atoms with E-state index in [4.69, 9.17) is 5.11 Å². The first-order valence-electron chi connectivity index (χ1n) is 3.00. The third-order valence-electron chi connectivity index (χ3n) is 1.41. The molecule has 0 bridgehead atoms. The fraction of sp³-hybridized carbons (Fsp3) is 0.143. The minimum atomic E-state index is -1.02. The van der Waals surface area contributed by atoms with Crippen LogP contribution in [0.3, 0.4) is 0 Å². The molecule has 1 aromatic rings. The molecular formula is C7H7NO3. The summed E-state index contributed by atoms with van der Waals surface area (Å²) < 4.78 is 1.47. The average molecular weight is 153 g/mol. The minimum Gasteiger partial charge on any atom is -0.478 e. The summed E-state index contributed by atoms with van der Waals surface area (Å²) in [5, 5.41) is 8.49. The second-order valence-corrected chi connectivity index (χ2v) is 2.19. The third-order valence-corrected chi connectivity index (χ3v) is 1.41. The summed E-state index contributed by atoms with van der Waals surface area (Å²) in [6.45, 7) is 0. The molecule has 0 saturated carbocycles. The zero-order valence-electron chi connectivity index (χ0n) is 5.94. The van der Waals surface area contributed by atoms with E-state index < -0.39 is 5.97 Å². The Bertz CT molecular complexity index is 301. The van der Waals surface area contributed by atoms with Crippen LogP contribution in [0.15, 0.2) is 12.3 Å². The fourth-order valence-corrected chi connectivity index (χ4v) is 0.816. The lowest BCUT2D eigenvalue weighted by molar-refractivity contribution is 0.0697. The van der Waals surface area contributed by atoms with Crippen molar-refractivity contribution in [1.29, 1.82) is 0 Å². The van der Waals surface area contributed by atoms with E-state index in [-0.39, 0.29) is 5.56 Å². The number of aryl methyl sites for hydroxylation is 1. The molecule has 1 rings (SSSR count). The molecular weight excluding hydrogens is 146 g/mol. The first-order valence-corrected chi connectivity index (χ1v) is 3.00. The molecule has 11 heavy (non-hydrogen) atoms. The number of aromatic nitrogens is 1. The van der Waals surface area contributed by atoms with Crippen LogP contribution in [0.4, 0.5) is 0 Å². The Hall–Kier alpha value is -1.58. The molecule has 0 aliphatic carbocycles. The molecule has 0 fully saturated rings. The van der Waals surface area contributed by atoms with Gasteiger partial charge >= 0.3 is 5.97 Å². The van der Waals surface area contributed by atoms with Crippen molar-refractivity contribution in [3.05, 3.63) is 23.5 Å². The maximum Gasteiger partial charge on any atom is 0.337 e. The molecule has 0 aliphatic heterocycles. The molecule has 4 nitrogen and oxygen atoms in total. The van der Waals surface area contributed by atoms with Crippen molar-refractivity contribution in [3.8, 4) is 0 Å². The van der Waals surface area contributed by atoms with Crippen LogP contribution < -0.4 is 0 Å². The first kappa shape index (κ1) is 7.53. The van der Waals surface area contributed by atoms with E-state index >= 15 is 0 Å². The van der Waals surface area contributed by atoms with E-state index in [0.717, 1.165) is 0 Å². The summed E-state index contributed by atoms with van der Waals surface area (Å²) in [6.07, 6.45) is 2.01. The molecule has 58 valence electrons. The highest BCUT2D eigenvalue weighted by atomic mass is 16.4. The van der Waals surface area contributed by atoms with Gasteiger partial charge in [0.25, 0.3) is 0 Å². The monoisotopic (exact) mass is 153 g/mol. The molecule has 0 saturated heterocycles. The summed E-state index contributed by atoms with van der Waals surface area (Å²) in [6, 6.07) is 1.33. The van der Waals surface area contributed by atoms with Gasteiger partial charge in [-0.2, -0.15) is 0 Å². The fourth-order valence-electron chi connectivity index (χ4n) is 0.816. The zero-order valence-corrected chi connectivity index (χ0v) is 5.94. The number of carbonyl (C=O) groups excluding carboxylic acids is 1. The van der Waals surface area contributed by atoms with Crippen LogP contribution in [-0.2, 0) is 7.05 Å². The summed E-state index contributed by atoms with van der Waals surface area (Å²) >= 11 is 0. The topological polar surface area (TPSA) is 59.3 Å². The summed E-state index contributed by atoms with van der Waals surface area (Å²) in [4.78, 5) is 20.6. The van der Waals surface area contributed by atoms with Crippen molar-refractivity contribution in [1.82, 2.24) is 4.57 Å². The molecule has 0 aliphatic rings. The van der Waals surface area contributed by atoms with Gasteiger partial charge in [-0.1, -0.05) is 0 Å². The van der Waals surface area contributed by atoms with Crippen molar-refractivity contribution < 1.29 is 14.7 Å². The van der Waals surface area contributed by atoms with Crippen LogP contribution in [0.1, 0.15) is 20.8 Å². The largest absolute Gasteiger partial charge is 0.478 e. The van der Waals surface area contributed by atoms with Gasteiger partial charge in [-0.3, -0.25) is 4.79 Å². The number of hydrogen-bond acceptors (Lipinski definition) is 2. The maximum absolute atomic E-state index is 10.4. The molecule has 0 radical (unpaired) electrons. The van der Waals surface area contributed by atoms with Crippen LogP contribution in [0.2, 0.25) is 0 Å². The van der Waals surface area contributed by atoms with Gasteiger partial charge in [-0.15, -0.1) is 0 Å². The number of rotatable bonds is 2. The Balaban J connectivity index is 3.14. The third kappa shape index (κ3) is 1.29. The SMILES string of the molecule is Cn1cc(C(=O)O)cc1C=O. The summed E-state index contributed by atoms with van der Waals surface area (Å²) in [5.74, 6) is -1.02. The zero-order chi connectivity index (χ0) is 8.43. The Morgan fingerprint density at radius 1 is 1.73 bits per heavy atom. The minimum absolute atomic E-state index is 0.134. The van der Waals surface area contributed by atoms with Crippen LogP contribution in [0, 0.1) is 0 Å². The number of aromatic carboxylic acids is 1. The molecule has 1 N–H and O–H groups in total. The first-order chi connectivity index (χ1) is 5.15. The second-order valence-electron chi connectivity index (χ2n) is 2.19. The van der Waals surface area contributed by atoms with Crippen molar-refractivity contribution in [2.24, 2.45) is 7.05 Å². The predicted octanol–water partition coefficient (Wildman–Crippen LogP) is 0.536. The van der Waals surface area contributed by atoms with Crippen LogP contribution >= 0.6 is 0 Å². The molecule has 1 aromatic heterocycles. The van der Waals surface area contributed by atoms with Gasteiger partial charge in [0.15, 0.2) is 6.29 Å². The van der Waals surface area contributed by atoms with E-state index in [9.17, 15) is 9.59 Å². The van der Waals surface area contributed by atoms with E-state index in [0.29, 0.717) is 12.0 Å². The highest BCUT2D eigenvalue weighted by Gasteiger charge is 2.07. The van der Waals surface area contributed by atoms with Crippen molar-refractivity contribution in [2.75, 3.05) is 0 Å². The van der Waals surface area contributed by atoms with Crippen LogP contribution in [0.25, 0.3) is 0 Å². The highest BCUT2D eigenvalue weighted by molar-refractivity contribution is 5.90. The van der Waals surface area contributed by atoms with E-state index in [1.165, 1.54) is 16.8 Å². The number of carboxylic acids is 1. The number of carboxylic acid groups (broad SMARTS) is 1. The quantitative estimate of drug-likeness (QED) is 0.630. The summed E-state index contributed by atoms with van der Waals surface area (Å²) in [7, 11) is 1.62. The lowest BCUT2D eigenvalue weighted by Gasteiger charge is -1.88. The molecule has 0 amide bonds. The Kier molecular flexibility index (Phi) is 1.76. The van der Waals surface area contributed by atoms with Gasteiger partial charge in [0, 0.05) is 13.2 Å². The van der Waals surface area contributed by atoms with Gasteiger partial charge in [0.2, 0.25) is 0 Å². The van der Waals surface area contributed by atoms with Crippen molar-refractivity contribution in [3.63, 3.8) is 0 Å². The van der Waals surface area contributed by atoms with Gasteiger partial charge in [-0.25, -0.2) is 4.79 Å². The van der Waals surface area contributed by atoms with Crippen LogP contribution in [-0.4, -0.2) is 21.9 Å².